The monoisotopic (exact) mass is 423 g/mol. The standard InChI is InChI=1S/C22H18ClN3O4/c1-30-19-12-6-16(7-13-19)22(29)26-25-21(28)15-4-10-18(11-5-15)24-20(27)14-2-8-17(23)9-3-14/h2-13H,1H3,(H,24,27)(H,25,28)(H,26,29). The first kappa shape index (κ1) is 20.9. The summed E-state index contributed by atoms with van der Waals surface area (Å²) in [4.78, 5) is 36.5. The van der Waals surface area contributed by atoms with Gasteiger partial charge in [0.15, 0.2) is 0 Å². The minimum atomic E-state index is -0.493. The molecule has 0 aliphatic rings. The van der Waals surface area contributed by atoms with Crippen LogP contribution >= 0.6 is 11.6 Å². The van der Waals surface area contributed by atoms with Gasteiger partial charge >= 0.3 is 0 Å². The van der Waals surface area contributed by atoms with Gasteiger partial charge in [-0.2, -0.15) is 0 Å². The van der Waals surface area contributed by atoms with Gasteiger partial charge in [-0.05, 0) is 72.8 Å². The summed E-state index contributed by atoms with van der Waals surface area (Å²) in [5.41, 5.74) is 6.36. The summed E-state index contributed by atoms with van der Waals surface area (Å²) in [6.45, 7) is 0. The van der Waals surface area contributed by atoms with E-state index in [-0.39, 0.29) is 5.91 Å². The first-order chi connectivity index (χ1) is 14.5. The molecule has 0 atom stereocenters. The van der Waals surface area contributed by atoms with Crippen molar-refractivity contribution in [3.8, 4) is 5.75 Å². The van der Waals surface area contributed by atoms with E-state index in [1.165, 1.54) is 19.2 Å². The van der Waals surface area contributed by atoms with E-state index in [0.717, 1.165) is 0 Å². The zero-order valence-electron chi connectivity index (χ0n) is 15.9. The zero-order chi connectivity index (χ0) is 21.5. The average Bonchev–Trinajstić information content (AvgIpc) is 2.78. The number of nitrogens with one attached hydrogen (secondary N) is 3. The van der Waals surface area contributed by atoms with Crippen LogP contribution in [0.25, 0.3) is 0 Å². The van der Waals surface area contributed by atoms with Crippen LogP contribution in [0.1, 0.15) is 31.1 Å². The lowest BCUT2D eigenvalue weighted by atomic mass is 10.1. The Labute approximate surface area is 178 Å². The maximum absolute atomic E-state index is 12.2. The SMILES string of the molecule is COc1ccc(C(=O)NNC(=O)c2ccc(NC(=O)c3ccc(Cl)cc3)cc2)cc1. The van der Waals surface area contributed by atoms with Crippen molar-refractivity contribution in [2.75, 3.05) is 12.4 Å². The Morgan fingerprint density at radius 1 is 0.667 bits per heavy atom. The molecule has 0 aliphatic carbocycles. The van der Waals surface area contributed by atoms with Gasteiger partial charge in [0.2, 0.25) is 0 Å². The first-order valence-electron chi connectivity index (χ1n) is 8.88. The number of anilines is 1. The second-order valence-electron chi connectivity index (χ2n) is 6.18. The van der Waals surface area contributed by atoms with Crippen molar-refractivity contribution in [1.82, 2.24) is 10.9 Å². The third kappa shape index (κ3) is 5.36. The summed E-state index contributed by atoms with van der Waals surface area (Å²) in [5.74, 6) is -0.625. The Kier molecular flexibility index (Phi) is 6.67. The van der Waals surface area contributed by atoms with Crippen molar-refractivity contribution in [3.05, 3.63) is 94.5 Å². The van der Waals surface area contributed by atoms with Crippen LogP contribution in [-0.4, -0.2) is 24.8 Å². The Morgan fingerprint density at radius 3 is 1.60 bits per heavy atom. The molecule has 0 bridgehead atoms. The molecule has 3 amide bonds. The highest BCUT2D eigenvalue weighted by Gasteiger charge is 2.10. The van der Waals surface area contributed by atoms with E-state index in [4.69, 9.17) is 16.3 Å². The molecular weight excluding hydrogens is 406 g/mol. The minimum Gasteiger partial charge on any atom is -0.497 e. The van der Waals surface area contributed by atoms with Gasteiger partial charge in [-0.25, -0.2) is 0 Å². The van der Waals surface area contributed by atoms with Crippen molar-refractivity contribution in [2.24, 2.45) is 0 Å². The molecule has 30 heavy (non-hydrogen) atoms. The number of hydrazine groups is 1. The van der Waals surface area contributed by atoms with Gasteiger partial charge in [0.05, 0.1) is 7.11 Å². The highest BCUT2D eigenvalue weighted by molar-refractivity contribution is 6.30. The van der Waals surface area contributed by atoms with Crippen LogP contribution in [-0.2, 0) is 0 Å². The number of methoxy groups -OCH3 is 1. The molecule has 0 heterocycles. The molecule has 0 fully saturated rings. The number of carbonyl (C=O) groups excluding carboxylic acids is 3. The Morgan fingerprint density at radius 2 is 1.10 bits per heavy atom. The van der Waals surface area contributed by atoms with E-state index >= 15 is 0 Å². The topological polar surface area (TPSA) is 96.5 Å². The van der Waals surface area contributed by atoms with Gasteiger partial charge in [0.25, 0.3) is 17.7 Å². The van der Waals surface area contributed by atoms with Crippen LogP contribution in [0.5, 0.6) is 5.75 Å². The fourth-order valence-corrected chi connectivity index (χ4v) is 2.64. The first-order valence-corrected chi connectivity index (χ1v) is 9.26. The summed E-state index contributed by atoms with van der Waals surface area (Å²) in [6.07, 6.45) is 0. The summed E-state index contributed by atoms with van der Waals surface area (Å²) < 4.78 is 5.04. The number of ether oxygens (including phenoxy) is 1. The molecule has 0 unspecified atom stereocenters. The summed E-state index contributed by atoms with van der Waals surface area (Å²) in [5, 5.41) is 3.27. The maximum Gasteiger partial charge on any atom is 0.269 e. The fraction of sp³-hybridized carbons (Fsp3) is 0.0455. The minimum absolute atomic E-state index is 0.296. The van der Waals surface area contributed by atoms with Crippen molar-refractivity contribution < 1.29 is 19.1 Å². The fourth-order valence-electron chi connectivity index (χ4n) is 2.51. The van der Waals surface area contributed by atoms with Gasteiger partial charge in [-0.15, -0.1) is 0 Å². The Bertz CT molecular complexity index is 1050. The Balaban J connectivity index is 1.54. The molecule has 3 N–H and O–H groups in total. The number of halogens is 1. The number of amides is 3. The van der Waals surface area contributed by atoms with Gasteiger partial charge in [0, 0.05) is 27.4 Å². The van der Waals surface area contributed by atoms with E-state index in [0.29, 0.717) is 33.1 Å². The Hall–Kier alpha value is -3.84. The highest BCUT2D eigenvalue weighted by atomic mass is 35.5. The molecule has 0 saturated heterocycles. The molecule has 8 heteroatoms. The third-order valence-corrected chi connectivity index (χ3v) is 4.41. The lowest BCUT2D eigenvalue weighted by molar-refractivity contribution is 0.0846. The van der Waals surface area contributed by atoms with Gasteiger partial charge in [0.1, 0.15) is 5.75 Å². The van der Waals surface area contributed by atoms with Crippen LogP contribution in [0.3, 0.4) is 0 Å². The molecule has 0 saturated carbocycles. The average molecular weight is 424 g/mol. The summed E-state index contributed by atoms with van der Waals surface area (Å²) in [7, 11) is 1.53. The number of hydrogen-bond donors (Lipinski definition) is 3. The molecule has 7 nitrogen and oxygen atoms in total. The van der Waals surface area contributed by atoms with E-state index in [2.05, 4.69) is 16.2 Å². The van der Waals surface area contributed by atoms with E-state index in [1.807, 2.05) is 0 Å². The quantitative estimate of drug-likeness (QED) is 0.545. The summed E-state index contributed by atoms with van der Waals surface area (Å²) in [6, 6.07) is 19.2. The smallest absolute Gasteiger partial charge is 0.269 e. The second-order valence-corrected chi connectivity index (χ2v) is 6.61. The van der Waals surface area contributed by atoms with Crippen molar-refractivity contribution >= 4 is 35.0 Å². The van der Waals surface area contributed by atoms with Gasteiger partial charge in [-0.1, -0.05) is 11.6 Å². The molecule has 3 aromatic carbocycles. The molecule has 0 aromatic heterocycles. The van der Waals surface area contributed by atoms with E-state index < -0.39 is 11.8 Å². The predicted octanol–water partition coefficient (Wildman–Crippen LogP) is 3.68. The predicted molar refractivity (Wildman–Crippen MR) is 114 cm³/mol. The zero-order valence-corrected chi connectivity index (χ0v) is 16.7. The van der Waals surface area contributed by atoms with Gasteiger partial charge < -0.3 is 10.1 Å². The maximum atomic E-state index is 12.2. The van der Waals surface area contributed by atoms with Crippen molar-refractivity contribution in [1.29, 1.82) is 0 Å². The molecule has 3 aromatic rings. The second kappa shape index (κ2) is 9.58. The van der Waals surface area contributed by atoms with Crippen LogP contribution in [0, 0.1) is 0 Å². The molecule has 0 aliphatic heterocycles. The molecule has 0 spiro atoms. The van der Waals surface area contributed by atoms with E-state index in [1.54, 1.807) is 60.7 Å². The number of hydrogen-bond acceptors (Lipinski definition) is 4. The van der Waals surface area contributed by atoms with Crippen LogP contribution < -0.4 is 20.9 Å². The van der Waals surface area contributed by atoms with Crippen LogP contribution in [0.15, 0.2) is 72.8 Å². The molecule has 3 rings (SSSR count). The number of rotatable bonds is 5. The summed E-state index contributed by atoms with van der Waals surface area (Å²) >= 11 is 5.82. The lowest BCUT2D eigenvalue weighted by Gasteiger charge is -2.09. The molecule has 152 valence electrons. The van der Waals surface area contributed by atoms with Crippen molar-refractivity contribution in [3.63, 3.8) is 0 Å². The van der Waals surface area contributed by atoms with Crippen LogP contribution in [0.2, 0.25) is 5.02 Å². The number of benzene rings is 3. The molecule has 0 radical (unpaired) electrons. The normalized spacial score (nSPS) is 10.1. The number of carbonyl (C=O) groups is 3. The third-order valence-electron chi connectivity index (χ3n) is 4.15. The highest BCUT2D eigenvalue weighted by Crippen LogP contribution is 2.14. The lowest BCUT2D eigenvalue weighted by Crippen LogP contribution is -2.41. The van der Waals surface area contributed by atoms with E-state index in [9.17, 15) is 14.4 Å². The van der Waals surface area contributed by atoms with Crippen molar-refractivity contribution in [2.45, 2.75) is 0 Å². The van der Waals surface area contributed by atoms with Crippen LogP contribution in [0.4, 0.5) is 5.69 Å². The largest absolute Gasteiger partial charge is 0.497 e. The van der Waals surface area contributed by atoms with Gasteiger partial charge in [-0.3, -0.25) is 25.2 Å². The molecular formula is C22H18ClN3O4.